The Hall–Kier alpha value is -0.550. The van der Waals surface area contributed by atoms with Crippen molar-refractivity contribution in [3.8, 4) is 6.07 Å². The number of nitrogens with zero attached hydrogens (tertiary/aromatic N) is 1. The molecule has 2 nitrogen and oxygen atoms in total. The van der Waals surface area contributed by atoms with Crippen molar-refractivity contribution in [1.82, 2.24) is 5.32 Å². The van der Waals surface area contributed by atoms with E-state index in [4.69, 9.17) is 0 Å². The minimum absolute atomic E-state index is 0.220. The van der Waals surface area contributed by atoms with E-state index in [1.54, 1.807) is 0 Å². The lowest BCUT2D eigenvalue weighted by Crippen LogP contribution is -2.59. The van der Waals surface area contributed by atoms with E-state index in [1.807, 2.05) is 0 Å². The van der Waals surface area contributed by atoms with Gasteiger partial charge in [-0.25, -0.2) is 0 Å². The van der Waals surface area contributed by atoms with Crippen LogP contribution in [0.5, 0.6) is 0 Å². The molecular weight excluding hydrogens is 232 g/mol. The Balaban J connectivity index is 2.15. The van der Waals surface area contributed by atoms with Crippen molar-refractivity contribution in [3.63, 3.8) is 0 Å². The monoisotopic (exact) mass is 262 g/mol. The van der Waals surface area contributed by atoms with Crippen molar-refractivity contribution in [3.05, 3.63) is 0 Å². The second-order valence-corrected chi connectivity index (χ2v) is 7.73. The van der Waals surface area contributed by atoms with Crippen molar-refractivity contribution < 1.29 is 0 Å². The first-order valence-corrected chi connectivity index (χ1v) is 8.17. The normalized spacial score (nSPS) is 33.9. The van der Waals surface area contributed by atoms with E-state index in [9.17, 15) is 5.26 Å². The highest BCUT2D eigenvalue weighted by Gasteiger charge is 2.47. The highest BCUT2D eigenvalue weighted by Crippen LogP contribution is 2.44. The van der Waals surface area contributed by atoms with Crippen LogP contribution in [-0.4, -0.2) is 11.6 Å². The number of nitriles is 1. The summed E-state index contributed by atoms with van der Waals surface area (Å²) in [6, 6.07) is 3.29. The fourth-order valence-corrected chi connectivity index (χ4v) is 4.30. The third-order valence-corrected chi connectivity index (χ3v) is 5.22. The van der Waals surface area contributed by atoms with Crippen LogP contribution in [0.25, 0.3) is 0 Å². The molecule has 0 aromatic carbocycles. The molecule has 108 valence electrons. The van der Waals surface area contributed by atoms with E-state index < -0.39 is 0 Å². The maximum Gasteiger partial charge on any atom is 0.110 e. The average Bonchev–Trinajstić information content (AvgIpc) is 2.39. The van der Waals surface area contributed by atoms with E-state index >= 15 is 0 Å². The van der Waals surface area contributed by atoms with Crippen LogP contribution in [0, 0.1) is 22.7 Å². The fourth-order valence-electron chi connectivity index (χ4n) is 4.30. The molecule has 2 aliphatic rings. The van der Waals surface area contributed by atoms with Crippen molar-refractivity contribution in [2.24, 2.45) is 11.3 Å². The molecule has 0 saturated heterocycles. The lowest BCUT2D eigenvalue weighted by molar-refractivity contribution is 0.0743. The zero-order valence-electron chi connectivity index (χ0n) is 13.0. The van der Waals surface area contributed by atoms with Gasteiger partial charge in [-0.1, -0.05) is 52.9 Å². The second-order valence-electron chi connectivity index (χ2n) is 7.73. The van der Waals surface area contributed by atoms with Gasteiger partial charge in [-0.15, -0.1) is 0 Å². The minimum atomic E-state index is -0.265. The third-order valence-electron chi connectivity index (χ3n) is 5.22. The van der Waals surface area contributed by atoms with Gasteiger partial charge in [0, 0.05) is 6.04 Å². The van der Waals surface area contributed by atoms with Crippen LogP contribution in [0.3, 0.4) is 0 Å². The van der Waals surface area contributed by atoms with E-state index in [1.165, 1.54) is 51.4 Å². The summed E-state index contributed by atoms with van der Waals surface area (Å²) in [7, 11) is 0. The molecule has 2 aliphatic carbocycles. The molecule has 2 atom stereocenters. The standard InChI is InChI=1S/C17H30N2/c1-16(2,3)15-11-7-8-12-17(15,13-18)19-14-9-5-4-6-10-14/h14-15,19H,4-12H2,1-3H3. The van der Waals surface area contributed by atoms with Crippen molar-refractivity contribution in [1.29, 1.82) is 5.26 Å². The topological polar surface area (TPSA) is 35.8 Å². The predicted molar refractivity (Wildman–Crippen MR) is 79.8 cm³/mol. The van der Waals surface area contributed by atoms with Crippen molar-refractivity contribution >= 4 is 0 Å². The van der Waals surface area contributed by atoms with Crippen LogP contribution in [0.15, 0.2) is 0 Å². The predicted octanol–water partition coefficient (Wildman–Crippen LogP) is 4.41. The molecule has 0 aromatic heterocycles. The molecule has 0 aliphatic heterocycles. The summed E-state index contributed by atoms with van der Waals surface area (Å²) in [5.74, 6) is 0.487. The number of rotatable bonds is 2. The molecule has 1 N–H and O–H groups in total. The fraction of sp³-hybridized carbons (Fsp3) is 0.941. The maximum absolute atomic E-state index is 9.89. The van der Waals surface area contributed by atoms with Gasteiger partial charge in [0.2, 0.25) is 0 Å². The summed E-state index contributed by atoms with van der Waals surface area (Å²) in [6.07, 6.45) is 11.3. The number of hydrogen-bond acceptors (Lipinski definition) is 2. The largest absolute Gasteiger partial charge is 0.296 e. The van der Waals surface area contributed by atoms with Gasteiger partial charge in [0.15, 0.2) is 0 Å². The van der Waals surface area contributed by atoms with Gasteiger partial charge in [0.05, 0.1) is 6.07 Å². The first kappa shape index (κ1) is 14.9. The quantitative estimate of drug-likeness (QED) is 0.800. The molecular formula is C17H30N2. The molecule has 0 amide bonds. The van der Waals surface area contributed by atoms with Gasteiger partial charge in [-0.05, 0) is 37.0 Å². The summed E-state index contributed by atoms with van der Waals surface area (Å²) in [5.41, 5.74) is -0.0453. The summed E-state index contributed by atoms with van der Waals surface area (Å²) in [4.78, 5) is 0. The van der Waals surface area contributed by atoms with Crippen LogP contribution in [0.2, 0.25) is 0 Å². The summed E-state index contributed by atoms with van der Waals surface area (Å²) in [5, 5.41) is 13.7. The molecule has 0 spiro atoms. The molecule has 2 unspecified atom stereocenters. The summed E-state index contributed by atoms with van der Waals surface area (Å²) in [6.45, 7) is 6.91. The molecule has 0 aromatic rings. The lowest BCUT2D eigenvalue weighted by atomic mass is 9.62. The van der Waals surface area contributed by atoms with Gasteiger partial charge < -0.3 is 0 Å². The molecule has 0 radical (unpaired) electrons. The zero-order chi connectivity index (χ0) is 13.9. The molecule has 2 rings (SSSR count). The molecule has 2 heteroatoms. The van der Waals surface area contributed by atoms with E-state index in [0.29, 0.717) is 12.0 Å². The van der Waals surface area contributed by atoms with Gasteiger partial charge in [-0.3, -0.25) is 5.32 Å². The lowest BCUT2D eigenvalue weighted by Gasteiger charge is -2.48. The van der Waals surface area contributed by atoms with Gasteiger partial charge in [0.1, 0.15) is 5.54 Å². The third kappa shape index (κ3) is 3.31. The molecule has 0 heterocycles. The Morgan fingerprint density at radius 2 is 1.63 bits per heavy atom. The highest BCUT2D eigenvalue weighted by atomic mass is 15.0. The Kier molecular flexibility index (Phi) is 4.56. The smallest absolute Gasteiger partial charge is 0.110 e. The van der Waals surface area contributed by atoms with Crippen molar-refractivity contribution in [2.75, 3.05) is 0 Å². The average molecular weight is 262 g/mol. The summed E-state index contributed by atoms with van der Waals surface area (Å²) >= 11 is 0. The zero-order valence-corrected chi connectivity index (χ0v) is 13.0. The van der Waals surface area contributed by atoms with Crippen LogP contribution in [0.4, 0.5) is 0 Å². The van der Waals surface area contributed by atoms with Gasteiger partial charge in [0.25, 0.3) is 0 Å². The Morgan fingerprint density at radius 3 is 2.21 bits per heavy atom. The highest BCUT2D eigenvalue weighted by molar-refractivity contribution is 5.15. The first-order valence-electron chi connectivity index (χ1n) is 8.17. The number of hydrogen-bond donors (Lipinski definition) is 1. The van der Waals surface area contributed by atoms with E-state index in [-0.39, 0.29) is 11.0 Å². The molecule has 2 saturated carbocycles. The minimum Gasteiger partial charge on any atom is -0.296 e. The first-order chi connectivity index (χ1) is 8.98. The SMILES string of the molecule is CC(C)(C)C1CCCCC1(C#N)NC1CCCCC1. The van der Waals surface area contributed by atoms with E-state index in [2.05, 4.69) is 32.2 Å². The Morgan fingerprint density at radius 1 is 1.00 bits per heavy atom. The van der Waals surface area contributed by atoms with Crippen molar-refractivity contribution in [2.45, 2.75) is 90.1 Å². The summed E-state index contributed by atoms with van der Waals surface area (Å²) < 4.78 is 0. The van der Waals surface area contributed by atoms with Crippen LogP contribution in [0.1, 0.15) is 78.6 Å². The Labute approximate surface area is 119 Å². The maximum atomic E-state index is 9.89. The molecule has 0 bridgehead atoms. The van der Waals surface area contributed by atoms with Gasteiger partial charge >= 0.3 is 0 Å². The van der Waals surface area contributed by atoms with Crippen LogP contribution >= 0.6 is 0 Å². The molecule has 2 fully saturated rings. The second kappa shape index (κ2) is 5.83. The van der Waals surface area contributed by atoms with E-state index in [0.717, 1.165) is 6.42 Å². The van der Waals surface area contributed by atoms with Crippen LogP contribution in [-0.2, 0) is 0 Å². The molecule has 19 heavy (non-hydrogen) atoms. The van der Waals surface area contributed by atoms with Crippen LogP contribution < -0.4 is 5.32 Å². The van der Waals surface area contributed by atoms with Gasteiger partial charge in [-0.2, -0.15) is 5.26 Å². The number of nitrogens with one attached hydrogen (secondary N) is 1. The Bertz CT molecular complexity index is 330.